The van der Waals surface area contributed by atoms with Gasteiger partial charge < -0.3 is 29.4 Å². The van der Waals surface area contributed by atoms with Gasteiger partial charge in [-0.05, 0) is 59.6 Å². The van der Waals surface area contributed by atoms with E-state index in [0.717, 1.165) is 11.1 Å². The highest BCUT2D eigenvalue weighted by Gasteiger charge is 2.29. The number of ether oxygens (including phenoxy) is 5. The van der Waals surface area contributed by atoms with Crippen LogP contribution in [0, 0.1) is 0 Å². The zero-order chi connectivity index (χ0) is 30.5. The van der Waals surface area contributed by atoms with Crippen LogP contribution in [0.4, 0.5) is 0 Å². The third kappa shape index (κ3) is 13.2. The van der Waals surface area contributed by atoms with Crippen LogP contribution in [0.3, 0.4) is 0 Å². The average molecular weight is 572 g/mol. The van der Waals surface area contributed by atoms with Gasteiger partial charge in [0.25, 0.3) is 0 Å². The van der Waals surface area contributed by atoms with E-state index in [1.165, 1.54) is 0 Å². The largest absolute Gasteiger partial charge is 0.465 e. The summed E-state index contributed by atoms with van der Waals surface area (Å²) in [5.74, 6) is -1.33. The summed E-state index contributed by atoms with van der Waals surface area (Å²) in [6.07, 6.45) is 0.368. The third-order valence-corrected chi connectivity index (χ3v) is 6.81. The molecular weight excluding hydrogens is 522 g/mol. The van der Waals surface area contributed by atoms with Crippen LogP contribution in [0.25, 0.3) is 0 Å². The first-order valence-corrected chi connectivity index (χ1v) is 14.4. The molecule has 8 heteroatoms. The second-order valence-corrected chi connectivity index (χ2v) is 11.6. The van der Waals surface area contributed by atoms with Crippen molar-refractivity contribution in [1.29, 1.82) is 0 Å². The summed E-state index contributed by atoms with van der Waals surface area (Å²) in [6, 6.07) is 19.1. The number of rotatable bonds is 18. The highest BCUT2D eigenvalue weighted by molar-refractivity contribution is 5.78. The summed E-state index contributed by atoms with van der Waals surface area (Å²) in [5.41, 5.74) is 6.70. The molecule has 2 aromatic carbocycles. The Morgan fingerprint density at radius 1 is 0.732 bits per heavy atom. The molecule has 0 aliphatic rings. The number of nitrogens with two attached hydrogens (primary N) is 1. The molecule has 0 aromatic heterocycles. The fourth-order valence-corrected chi connectivity index (χ4v) is 4.04. The van der Waals surface area contributed by atoms with E-state index in [9.17, 15) is 9.59 Å². The van der Waals surface area contributed by atoms with Crippen molar-refractivity contribution >= 4 is 11.9 Å². The van der Waals surface area contributed by atoms with Gasteiger partial charge in [0.05, 0.1) is 43.4 Å². The lowest BCUT2D eigenvalue weighted by molar-refractivity contribution is -0.168. The van der Waals surface area contributed by atoms with Crippen molar-refractivity contribution in [1.82, 2.24) is 0 Å². The van der Waals surface area contributed by atoms with Crippen molar-refractivity contribution in [3.63, 3.8) is 0 Å². The molecule has 2 aromatic rings. The van der Waals surface area contributed by atoms with Crippen molar-refractivity contribution in [3.05, 3.63) is 71.8 Å². The minimum atomic E-state index is -1.05. The van der Waals surface area contributed by atoms with E-state index in [0.29, 0.717) is 19.4 Å². The molecule has 2 N–H and O–H groups in total. The van der Waals surface area contributed by atoms with Crippen LogP contribution in [0.1, 0.15) is 84.3 Å². The fraction of sp³-hybridized carbons (Fsp3) is 0.576. The molecule has 0 bridgehead atoms. The Kier molecular flexibility index (Phi) is 13.9. The maximum atomic E-state index is 12.7. The van der Waals surface area contributed by atoms with E-state index in [1.54, 1.807) is 6.92 Å². The molecule has 8 nitrogen and oxygen atoms in total. The van der Waals surface area contributed by atoms with Gasteiger partial charge in [0, 0.05) is 12.8 Å². The van der Waals surface area contributed by atoms with Crippen LogP contribution in [0.5, 0.6) is 0 Å². The van der Waals surface area contributed by atoms with Gasteiger partial charge in [0.1, 0.15) is 18.4 Å². The Labute approximate surface area is 245 Å². The molecule has 228 valence electrons. The summed E-state index contributed by atoms with van der Waals surface area (Å²) < 4.78 is 29.1. The Balaban J connectivity index is 1.80. The molecule has 2 rings (SSSR count). The second kappa shape index (κ2) is 16.6. The van der Waals surface area contributed by atoms with Crippen molar-refractivity contribution in [2.45, 2.75) is 96.7 Å². The zero-order valence-corrected chi connectivity index (χ0v) is 25.8. The molecule has 41 heavy (non-hydrogen) atoms. The minimum absolute atomic E-state index is 0.0158. The second-order valence-electron chi connectivity index (χ2n) is 11.6. The lowest BCUT2D eigenvalue weighted by atomic mass is 10.0. The van der Waals surface area contributed by atoms with Crippen LogP contribution in [-0.4, -0.2) is 61.9 Å². The van der Waals surface area contributed by atoms with Gasteiger partial charge in [-0.3, -0.25) is 9.59 Å². The summed E-state index contributed by atoms with van der Waals surface area (Å²) in [5, 5.41) is 0. The fourth-order valence-electron chi connectivity index (χ4n) is 4.04. The maximum absolute atomic E-state index is 12.7. The number of hydrogen-bond donors (Lipinski definition) is 1. The number of carbonyl (C=O) groups excluding carboxylic acids is 2. The molecular formula is C33H49NO7. The Bertz CT molecular complexity index is 1040. The minimum Gasteiger partial charge on any atom is -0.465 e. The molecule has 4 atom stereocenters. The van der Waals surface area contributed by atoms with E-state index >= 15 is 0 Å². The average Bonchev–Trinajstić information content (AvgIpc) is 2.93. The molecule has 0 saturated carbocycles. The first kappa shape index (κ1) is 34.4. The standard InChI is InChI=1S/C33H49NO7/c1-24(2)38-22-29(23-39-31(36)26(4)28-16-12-9-13-17-28)41-33(7,34)19-21-40-32(5,6)18-20-37-30(35)25(3)27-14-10-8-11-15-27/h8-17,24-26,29H,18-23,34H2,1-7H3. The molecule has 0 spiro atoms. The molecule has 0 saturated heterocycles. The Morgan fingerprint density at radius 3 is 1.76 bits per heavy atom. The number of benzene rings is 2. The number of esters is 2. The molecule has 0 aliphatic carbocycles. The maximum Gasteiger partial charge on any atom is 0.313 e. The van der Waals surface area contributed by atoms with Gasteiger partial charge in [-0.15, -0.1) is 0 Å². The highest BCUT2D eigenvalue weighted by Crippen LogP contribution is 2.21. The summed E-state index contributed by atoms with van der Waals surface area (Å²) in [7, 11) is 0. The monoisotopic (exact) mass is 571 g/mol. The van der Waals surface area contributed by atoms with Gasteiger partial charge in [-0.1, -0.05) is 60.7 Å². The molecule has 0 aliphatic heterocycles. The molecule has 0 radical (unpaired) electrons. The van der Waals surface area contributed by atoms with Crippen LogP contribution < -0.4 is 5.73 Å². The topological polar surface area (TPSA) is 106 Å². The molecule has 0 fully saturated rings. The van der Waals surface area contributed by atoms with Crippen LogP contribution in [0.2, 0.25) is 0 Å². The summed E-state index contributed by atoms with van der Waals surface area (Å²) in [4.78, 5) is 25.1. The number of carbonyl (C=O) groups is 2. The smallest absolute Gasteiger partial charge is 0.313 e. The first-order chi connectivity index (χ1) is 19.3. The predicted molar refractivity (Wildman–Crippen MR) is 159 cm³/mol. The van der Waals surface area contributed by atoms with E-state index in [2.05, 4.69) is 0 Å². The first-order valence-electron chi connectivity index (χ1n) is 14.4. The predicted octanol–water partition coefficient (Wildman–Crippen LogP) is 5.74. The molecule has 4 unspecified atom stereocenters. The van der Waals surface area contributed by atoms with E-state index in [1.807, 2.05) is 102 Å². The SMILES string of the molecule is CC(C)OCC(COC(=O)C(C)c1ccccc1)OC(C)(N)CCOC(C)(C)CCOC(=O)C(C)c1ccccc1. The zero-order valence-electron chi connectivity index (χ0n) is 25.8. The summed E-state index contributed by atoms with van der Waals surface area (Å²) in [6.45, 7) is 14.0. The quantitative estimate of drug-likeness (QED) is 0.178. The van der Waals surface area contributed by atoms with Crippen LogP contribution >= 0.6 is 0 Å². The van der Waals surface area contributed by atoms with E-state index < -0.39 is 23.3 Å². The van der Waals surface area contributed by atoms with Crippen molar-refractivity contribution < 1.29 is 33.3 Å². The Hall–Kier alpha value is -2.78. The van der Waals surface area contributed by atoms with Gasteiger partial charge in [0.2, 0.25) is 0 Å². The molecule has 0 heterocycles. The van der Waals surface area contributed by atoms with Crippen LogP contribution in [0.15, 0.2) is 60.7 Å². The third-order valence-electron chi connectivity index (χ3n) is 6.81. The lowest BCUT2D eigenvalue weighted by Gasteiger charge is -2.32. The highest BCUT2D eigenvalue weighted by atomic mass is 16.6. The van der Waals surface area contributed by atoms with Crippen LogP contribution in [-0.2, 0) is 33.3 Å². The Morgan fingerprint density at radius 2 is 1.24 bits per heavy atom. The van der Waals surface area contributed by atoms with E-state index in [4.69, 9.17) is 29.4 Å². The lowest BCUT2D eigenvalue weighted by Crippen LogP contribution is -2.47. The normalized spacial score (nSPS) is 15.5. The van der Waals surface area contributed by atoms with Crippen molar-refractivity contribution in [2.75, 3.05) is 26.4 Å². The summed E-state index contributed by atoms with van der Waals surface area (Å²) >= 11 is 0. The van der Waals surface area contributed by atoms with Gasteiger partial charge in [-0.25, -0.2) is 0 Å². The number of hydrogen-bond acceptors (Lipinski definition) is 8. The molecule has 0 amide bonds. The van der Waals surface area contributed by atoms with Crippen molar-refractivity contribution in [3.8, 4) is 0 Å². The van der Waals surface area contributed by atoms with E-state index in [-0.39, 0.29) is 43.8 Å². The van der Waals surface area contributed by atoms with Gasteiger partial charge in [0.15, 0.2) is 0 Å². The van der Waals surface area contributed by atoms with Gasteiger partial charge in [-0.2, -0.15) is 0 Å². The van der Waals surface area contributed by atoms with Crippen molar-refractivity contribution in [2.24, 2.45) is 5.73 Å². The van der Waals surface area contributed by atoms with Gasteiger partial charge >= 0.3 is 11.9 Å².